The Morgan fingerprint density at radius 2 is 2.11 bits per heavy atom. The van der Waals surface area contributed by atoms with Crippen molar-refractivity contribution in [1.82, 2.24) is 14.7 Å². The number of aromatic nitrogens is 2. The Balaban J connectivity index is 2.20. The van der Waals surface area contributed by atoms with Gasteiger partial charge < -0.3 is 9.97 Å². The van der Waals surface area contributed by atoms with Gasteiger partial charge >= 0.3 is 0 Å². The average molecular weight is 288 g/mol. The lowest BCUT2D eigenvalue weighted by molar-refractivity contribution is 0.581. The summed E-state index contributed by atoms with van der Waals surface area (Å²) in [6.45, 7) is 0.155. The number of halogens is 1. The van der Waals surface area contributed by atoms with Crippen LogP contribution >= 0.6 is 11.6 Å². The Morgan fingerprint density at radius 3 is 2.72 bits per heavy atom. The fourth-order valence-corrected chi connectivity index (χ4v) is 2.57. The monoisotopic (exact) mass is 287 g/mol. The Hall–Kier alpha value is -1.57. The van der Waals surface area contributed by atoms with Gasteiger partial charge in [0.15, 0.2) is 0 Å². The van der Waals surface area contributed by atoms with Gasteiger partial charge in [0.1, 0.15) is 5.02 Å². The molecule has 0 spiro atoms. The van der Waals surface area contributed by atoms with E-state index >= 15 is 0 Å². The number of sulfonamides is 1. The molecule has 0 unspecified atom stereocenters. The highest BCUT2D eigenvalue weighted by Gasteiger charge is 2.15. The molecule has 0 aliphatic carbocycles. The average Bonchev–Trinajstić information content (AvgIpc) is 2.83. The molecule has 6 nitrogen and oxygen atoms in total. The zero-order valence-electron chi connectivity index (χ0n) is 9.10. The summed E-state index contributed by atoms with van der Waals surface area (Å²) in [5, 5.41) is -0.167. The van der Waals surface area contributed by atoms with E-state index in [0.29, 0.717) is 0 Å². The van der Waals surface area contributed by atoms with Gasteiger partial charge in [0.2, 0.25) is 10.0 Å². The second kappa shape index (κ2) is 4.97. The second-order valence-corrected chi connectivity index (χ2v) is 5.73. The minimum absolute atomic E-state index is 0.0809. The third-order valence-electron chi connectivity index (χ3n) is 2.27. The standard InChI is InChI=1S/C10H10ClN3O3S/c11-9-3-8(6-13-10(9)15)18(16,17)14-5-7-1-2-12-4-7/h1-4,6,12,14H,5H2,(H,13,15). The normalized spacial score (nSPS) is 11.6. The third kappa shape index (κ3) is 2.81. The lowest BCUT2D eigenvalue weighted by Gasteiger charge is -2.05. The Kier molecular flexibility index (Phi) is 3.55. The van der Waals surface area contributed by atoms with Gasteiger partial charge in [0.05, 0.1) is 4.90 Å². The van der Waals surface area contributed by atoms with Crippen LogP contribution in [0.5, 0.6) is 0 Å². The first-order valence-corrected chi connectivity index (χ1v) is 6.85. The summed E-state index contributed by atoms with van der Waals surface area (Å²) in [4.78, 5) is 16.0. The summed E-state index contributed by atoms with van der Waals surface area (Å²) in [5.41, 5.74) is 0.273. The maximum atomic E-state index is 11.9. The van der Waals surface area contributed by atoms with Crippen LogP contribution in [0, 0.1) is 0 Å². The van der Waals surface area contributed by atoms with E-state index < -0.39 is 15.6 Å². The summed E-state index contributed by atoms with van der Waals surface area (Å²) >= 11 is 5.58. The molecular formula is C10H10ClN3O3S. The van der Waals surface area contributed by atoms with Gasteiger partial charge in [-0.2, -0.15) is 0 Å². The van der Waals surface area contributed by atoms with E-state index in [1.54, 1.807) is 18.5 Å². The topological polar surface area (TPSA) is 94.8 Å². The maximum Gasteiger partial charge on any atom is 0.266 e. The van der Waals surface area contributed by atoms with Crippen LogP contribution in [0.1, 0.15) is 5.56 Å². The van der Waals surface area contributed by atoms with Gasteiger partial charge in [-0.1, -0.05) is 11.6 Å². The molecule has 0 radical (unpaired) electrons. The molecule has 2 rings (SSSR count). The number of rotatable bonds is 4. The molecule has 0 amide bonds. The van der Waals surface area contributed by atoms with Gasteiger partial charge in [-0.3, -0.25) is 4.79 Å². The van der Waals surface area contributed by atoms with Crippen molar-refractivity contribution in [2.24, 2.45) is 0 Å². The molecule has 96 valence electrons. The molecule has 0 aromatic carbocycles. The Bertz CT molecular complexity index is 691. The number of hydrogen-bond donors (Lipinski definition) is 3. The van der Waals surface area contributed by atoms with Crippen molar-refractivity contribution in [3.05, 3.63) is 51.7 Å². The first-order valence-electron chi connectivity index (χ1n) is 4.98. The Morgan fingerprint density at radius 1 is 1.33 bits per heavy atom. The van der Waals surface area contributed by atoms with Crippen LogP contribution in [-0.2, 0) is 16.6 Å². The third-order valence-corrected chi connectivity index (χ3v) is 3.93. The molecular weight excluding hydrogens is 278 g/mol. The molecule has 8 heteroatoms. The highest BCUT2D eigenvalue weighted by atomic mass is 35.5. The van der Waals surface area contributed by atoms with Crippen molar-refractivity contribution in [1.29, 1.82) is 0 Å². The van der Waals surface area contributed by atoms with Crippen molar-refractivity contribution in [2.45, 2.75) is 11.4 Å². The zero-order chi connectivity index (χ0) is 13.2. The van der Waals surface area contributed by atoms with Gasteiger partial charge in [0, 0.05) is 25.1 Å². The van der Waals surface area contributed by atoms with Crippen LogP contribution < -0.4 is 10.3 Å². The molecule has 3 N–H and O–H groups in total. The molecule has 0 atom stereocenters. The van der Waals surface area contributed by atoms with Crippen LogP contribution in [0.15, 0.2) is 40.4 Å². The molecule has 0 bridgehead atoms. The van der Waals surface area contributed by atoms with Gasteiger partial charge in [-0.15, -0.1) is 0 Å². The van der Waals surface area contributed by atoms with E-state index in [1.165, 1.54) is 0 Å². The Labute approximate surface area is 108 Å². The minimum atomic E-state index is -3.69. The number of hydrogen-bond acceptors (Lipinski definition) is 3. The molecule has 0 aliphatic heterocycles. The van der Waals surface area contributed by atoms with Crippen molar-refractivity contribution >= 4 is 21.6 Å². The molecule has 2 heterocycles. The first-order chi connectivity index (χ1) is 8.49. The summed E-state index contributed by atoms with van der Waals surface area (Å²) in [6.07, 6.45) is 4.48. The van der Waals surface area contributed by atoms with Crippen molar-refractivity contribution in [2.75, 3.05) is 0 Å². The minimum Gasteiger partial charge on any atom is -0.367 e. The van der Waals surface area contributed by atoms with E-state index in [2.05, 4.69) is 14.7 Å². The van der Waals surface area contributed by atoms with Crippen molar-refractivity contribution in [3.63, 3.8) is 0 Å². The second-order valence-electron chi connectivity index (χ2n) is 3.56. The molecule has 2 aromatic heterocycles. The lowest BCUT2D eigenvalue weighted by atomic mass is 10.4. The number of H-pyrrole nitrogens is 2. The largest absolute Gasteiger partial charge is 0.367 e. The fraction of sp³-hybridized carbons (Fsp3) is 0.100. The number of aromatic amines is 2. The van der Waals surface area contributed by atoms with Crippen molar-refractivity contribution < 1.29 is 8.42 Å². The molecule has 2 aromatic rings. The number of nitrogens with one attached hydrogen (secondary N) is 3. The van der Waals surface area contributed by atoms with Crippen LogP contribution in [0.2, 0.25) is 5.02 Å². The predicted octanol–water partition coefficient (Wildman–Crippen LogP) is 0.835. The lowest BCUT2D eigenvalue weighted by Crippen LogP contribution is -2.24. The first kappa shape index (κ1) is 12.9. The zero-order valence-corrected chi connectivity index (χ0v) is 10.7. The van der Waals surface area contributed by atoms with E-state index in [9.17, 15) is 13.2 Å². The smallest absolute Gasteiger partial charge is 0.266 e. The quantitative estimate of drug-likeness (QED) is 0.777. The molecule has 0 fully saturated rings. The molecule has 0 aliphatic rings. The van der Waals surface area contributed by atoms with E-state index in [1.807, 2.05) is 0 Å². The summed E-state index contributed by atoms with van der Waals surface area (Å²) in [6, 6.07) is 2.86. The van der Waals surface area contributed by atoms with Crippen LogP contribution in [0.4, 0.5) is 0 Å². The van der Waals surface area contributed by atoms with Crippen LogP contribution in [-0.4, -0.2) is 18.4 Å². The van der Waals surface area contributed by atoms with E-state index in [-0.39, 0.29) is 16.5 Å². The van der Waals surface area contributed by atoms with E-state index in [0.717, 1.165) is 17.8 Å². The number of pyridine rings is 1. The van der Waals surface area contributed by atoms with Gasteiger partial charge in [0.25, 0.3) is 5.56 Å². The molecule has 0 saturated carbocycles. The van der Waals surface area contributed by atoms with Gasteiger partial charge in [-0.25, -0.2) is 13.1 Å². The van der Waals surface area contributed by atoms with E-state index in [4.69, 9.17) is 11.6 Å². The fourth-order valence-electron chi connectivity index (χ4n) is 1.32. The maximum absolute atomic E-state index is 11.9. The summed E-state index contributed by atoms with van der Waals surface area (Å²) < 4.78 is 26.2. The van der Waals surface area contributed by atoms with Gasteiger partial charge in [-0.05, 0) is 17.7 Å². The SMILES string of the molecule is O=c1[nH]cc(S(=O)(=O)NCc2cc[nH]c2)cc1Cl. The molecule has 18 heavy (non-hydrogen) atoms. The van der Waals surface area contributed by atoms with Crippen LogP contribution in [0.3, 0.4) is 0 Å². The highest BCUT2D eigenvalue weighted by Crippen LogP contribution is 2.10. The molecule has 0 saturated heterocycles. The summed E-state index contributed by atoms with van der Waals surface area (Å²) in [5.74, 6) is 0. The van der Waals surface area contributed by atoms with Crippen LogP contribution in [0.25, 0.3) is 0 Å². The highest BCUT2D eigenvalue weighted by molar-refractivity contribution is 7.89. The van der Waals surface area contributed by atoms with Crippen molar-refractivity contribution in [3.8, 4) is 0 Å². The summed E-state index contributed by atoms with van der Waals surface area (Å²) in [7, 11) is -3.69. The predicted molar refractivity (Wildman–Crippen MR) is 66.9 cm³/mol.